The number of hydrogen-bond donors (Lipinski definition) is 1. The zero-order chi connectivity index (χ0) is 5.28. The van der Waals surface area contributed by atoms with E-state index in [1.807, 2.05) is 0 Å². The van der Waals surface area contributed by atoms with Crippen molar-refractivity contribution < 1.29 is 0 Å². The highest BCUT2D eigenvalue weighted by Crippen LogP contribution is 1.76. The van der Waals surface area contributed by atoms with Crippen molar-refractivity contribution in [3.8, 4) is 0 Å². The lowest BCUT2D eigenvalue weighted by Crippen LogP contribution is -2.07. The van der Waals surface area contributed by atoms with Gasteiger partial charge in [-0.25, -0.2) is 4.98 Å². The molecule has 0 aliphatic rings. The number of hydrogen-bond acceptors (Lipinski definition) is 3. The van der Waals surface area contributed by atoms with Crippen LogP contribution >= 0.6 is 0 Å². The first-order chi connectivity index (χ1) is 3.29. The minimum atomic E-state index is 0.697. The van der Waals surface area contributed by atoms with Gasteiger partial charge in [0.2, 0.25) is 0 Å². The maximum atomic E-state index is 5.12. The molecule has 1 aromatic rings. The first-order valence-corrected chi connectivity index (χ1v) is 1.92. The van der Waals surface area contributed by atoms with Crippen LogP contribution in [0, 0.1) is 6.92 Å². The molecule has 0 amide bonds. The van der Waals surface area contributed by atoms with E-state index in [-0.39, 0.29) is 0 Å². The molecule has 0 radical (unpaired) electrons. The molecule has 0 atom stereocenters. The van der Waals surface area contributed by atoms with Gasteiger partial charge in [-0.2, -0.15) is 4.79 Å². The van der Waals surface area contributed by atoms with E-state index < -0.39 is 0 Å². The van der Waals surface area contributed by atoms with Crippen LogP contribution in [0.15, 0.2) is 6.33 Å². The minimum Gasteiger partial charge on any atom is -0.322 e. The summed E-state index contributed by atoms with van der Waals surface area (Å²) in [5.41, 5.74) is 0. The summed E-state index contributed by atoms with van der Waals surface area (Å²) < 4.78 is 0. The Kier molecular flexibility index (Phi) is 0.714. The average Bonchev–Trinajstić information content (AvgIpc) is 1.87. The number of aryl methyl sites for hydroxylation is 1. The lowest BCUT2D eigenvalue weighted by atomic mass is 10.8. The normalized spacial score (nSPS) is 9.29. The molecule has 0 spiro atoms. The molecule has 4 heteroatoms. The van der Waals surface area contributed by atoms with E-state index in [1.165, 1.54) is 11.1 Å². The fourth-order valence-corrected chi connectivity index (χ4v) is 0.361. The summed E-state index contributed by atoms with van der Waals surface area (Å²) in [6.07, 6.45) is 1.45. The molecular weight excluding hydrogens is 92.1 g/mol. The maximum Gasteiger partial charge on any atom is 0.149 e. The van der Waals surface area contributed by atoms with Crippen LogP contribution in [0.5, 0.6) is 0 Å². The van der Waals surface area contributed by atoms with E-state index in [4.69, 9.17) is 5.84 Å². The van der Waals surface area contributed by atoms with E-state index in [1.54, 1.807) is 6.92 Å². The van der Waals surface area contributed by atoms with Crippen LogP contribution in [0.25, 0.3) is 0 Å². The van der Waals surface area contributed by atoms with E-state index in [0.717, 1.165) is 0 Å². The van der Waals surface area contributed by atoms with E-state index >= 15 is 0 Å². The molecule has 7 heavy (non-hydrogen) atoms. The molecule has 2 N–H and O–H groups in total. The Hall–Kier alpha value is -1.06. The van der Waals surface area contributed by atoms with Crippen LogP contribution in [0.4, 0.5) is 0 Å². The summed E-state index contributed by atoms with van der Waals surface area (Å²) in [6, 6.07) is 0. The molecule has 0 aliphatic heterocycles. The topological polar surface area (TPSA) is 56.7 Å². The van der Waals surface area contributed by atoms with Crippen molar-refractivity contribution >= 4 is 0 Å². The Labute approximate surface area is 40.9 Å². The average molecular weight is 98.1 g/mol. The zero-order valence-electron chi connectivity index (χ0n) is 4.00. The Morgan fingerprint density at radius 1 is 1.86 bits per heavy atom. The molecule has 1 heterocycles. The number of rotatable bonds is 0. The van der Waals surface area contributed by atoms with Crippen LogP contribution in [0.2, 0.25) is 0 Å². The largest absolute Gasteiger partial charge is 0.322 e. The first-order valence-electron chi connectivity index (χ1n) is 1.92. The molecule has 38 valence electrons. The van der Waals surface area contributed by atoms with Gasteiger partial charge >= 0.3 is 0 Å². The van der Waals surface area contributed by atoms with Gasteiger partial charge in [-0.3, -0.25) is 0 Å². The molecular formula is C3H6N4. The zero-order valence-corrected chi connectivity index (χ0v) is 4.00. The van der Waals surface area contributed by atoms with Crippen LogP contribution in [-0.4, -0.2) is 14.9 Å². The summed E-state index contributed by atoms with van der Waals surface area (Å²) in [5, 5.41) is 3.69. The molecule has 0 bridgehead atoms. The quantitative estimate of drug-likeness (QED) is 0.436. The number of nitrogens with two attached hydrogens (primary N) is 1. The Balaban J connectivity index is 3.04. The standard InChI is InChI=1S/C3H6N4/c1-3-5-2-7(4)6-3/h2H,4H2,1H3. The third-order valence-corrected chi connectivity index (χ3v) is 0.623. The predicted molar refractivity (Wildman–Crippen MR) is 24.9 cm³/mol. The first kappa shape index (κ1) is 4.11. The molecule has 1 aromatic heterocycles. The summed E-state index contributed by atoms with van der Waals surface area (Å²) in [4.78, 5) is 4.92. The third-order valence-electron chi connectivity index (χ3n) is 0.623. The van der Waals surface area contributed by atoms with Gasteiger partial charge in [0.1, 0.15) is 12.2 Å². The van der Waals surface area contributed by atoms with Crippen LogP contribution in [0.3, 0.4) is 0 Å². The highest BCUT2D eigenvalue weighted by Gasteiger charge is 1.84. The summed E-state index contributed by atoms with van der Waals surface area (Å²) in [6.45, 7) is 1.78. The van der Waals surface area contributed by atoms with Crippen molar-refractivity contribution in [1.29, 1.82) is 0 Å². The molecule has 0 saturated carbocycles. The lowest BCUT2D eigenvalue weighted by molar-refractivity contribution is 0.817. The molecule has 1 rings (SSSR count). The van der Waals surface area contributed by atoms with Gasteiger partial charge in [0.05, 0.1) is 0 Å². The number of nitrogen functional groups attached to an aromatic ring is 1. The monoisotopic (exact) mass is 98.1 g/mol. The summed E-state index contributed by atoms with van der Waals surface area (Å²) >= 11 is 0. The van der Waals surface area contributed by atoms with Gasteiger partial charge in [0.15, 0.2) is 0 Å². The molecule has 0 aliphatic carbocycles. The minimum absolute atomic E-state index is 0.697. The lowest BCUT2D eigenvalue weighted by Gasteiger charge is -1.78. The highest BCUT2D eigenvalue weighted by molar-refractivity contribution is 4.73. The van der Waals surface area contributed by atoms with Gasteiger partial charge in [-0.15, -0.1) is 5.10 Å². The van der Waals surface area contributed by atoms with E-state index in [9.17, 15) is 0 Å². The summed E-state index contributed by atoms with van der Waals surface area (Å²) in [7, 11) is 0. The summed E-state index contributed by atoms with van der Waals surface area (Å²) in [5.74, 6) is 5.82. The van der Waals surface area contributed by atoms with Gasteiger partial charge in [-0.05, 0) is 6.92 Å². The second-order valence-electron chi connectivity index (χ2n) is 1.27. The smallest absolute Gasteiger partial charge is 0.149 e. The van der Waals surface area contributed by atoms with Gasteiger partial charge in [-0.1, -0.05) is 0 Å². The fourth-order valence-electron chi connectivity index (χ4n) is 0.361. The fraction of sp³-hybridized carbons (Fsp3) is 0.333. The van der Waals surface area contributed by atoms with Crippen LogP contribution in [0.1, 0.15) is 5.82 Å². The molecule has 4 nitrogen and oxygen atoms in total. The van der Waals surface area contributed by atoms with Crippen molar-refractivity contribution in [3.63, 3.8) is 0 Å². The van der Waals surface area contributed by atoms with Crippen molar-refractivity contribution in [2.75, 3.05) is 5.84 Å². The molecule has 0 unspecified atom stereocenters. The Bertz CT molecular complexity index is 139. The van der Waals surface area contributed by atoms with Gasteiger partial charge < -0.3 is 5.84 Å². The van der Waals surface area contributed by atoms with Crippen molar-refractivity contribution in [3.05, 3.63) is 12.2 Å². The second kappa shape index (κ2) is 1.22. The van der Waals surface area contributed by atoms with Crippen molar-refractivity contribution in [1.82, 2.24) is 14.9 Å². The van der Waals surface area contributed by atoms with Crippen molar-refractivity contribution in [2.24, 2.45) is 0 Å². The van der Waals surface area contributed by atoms with Crippen LogP contribution in [-0.2, 0) is 0 Å². The third kappa shape index (κ3) is 0.677. The highest BCUT2D eigenvalue weighted by atomic mass is 15.5. The van der Waals surface area contributed by atoms with Crippen molar-refractivity contribution in [2.45, 2.75) is 6.92 Å². The van der Waals surface area contributed by atoms with Crippen LogP contribution < -0.4 is 5.84 Å². The number of aromatic nitrogens is 3. The van der Waals surface area contributed by atoms with E-state index in [2.05, 4.69) is 10.1 Å². The maximum absolute atomic E-state index is 5.12. The molecule has 0 saturated heterocycles. The Morgan fingerprint density at radius 3 is 2.71 bits per heavy atom. The van der Waals surface area contributed by atoms with Gasteiger partial charge in [0, 0.05) is 0 Å². The Morgan fingerprint density at radius 2 is 2.57 bits per heavy atom. The van der Waals surface area contributed by atoms with E-state index in [0.29, 0.717) is 5.82 Å². The predicted octanol–water partition coefficient (Wildman–Crippen LogP) is -0.700. The SMILES string of the molecule is Cc1ncn(N)n1. The second-order valence-corrected chi connectivity index (χ2v) is 1.27. The van der Waals surface area contributed by atoms with Gasteiger partial charge in [0.25, 0.3) is 0 Å². The number of nitrogens with zero attached hydrogens (tertiary/aromatic N) is 3. The molecule has 0 aromatic carbocycles. The molecule has 0 fully saturated rings.